The monoisotopic (exact) mass is 529 g/mol. The van der Waals surface area contributed by atoms with Crippen molar-refractivity contribution in [3.05, 3.63) is 63.0 Å². The molecule has 0 aliphatic heterocycles. The molecular formula is C21H21BrFNO7S. The molecule has 0 spiro atoms. The van der Waals surface area contributed by atoms with Gasteiger partial charge in [0.15, 0.2) is 0 Å². The summed E-state index contributed by atoms with van der Waals surface area (Å²) in [5, 5.41) is 10.8. The van der Waals surface area contributed by atoms with E-state index in [4.69, 9.17) is 8.92 Å². The number of aromatic nitrogens is 1. The highest BCUT2D eigenvalue weighted by Gasteiger charge is 2.33. The second kappa shape index (κ2) is 9.18. The molecule has 8 nitrogen and oxygen atoms in total. The molecule has 2 aromatic carbocycles. The van der Waals surface area contributed by atoms with Gasteiger partial charge in [0, 0.05) is 30.0 Å². The lowest BCUT2D eigenvalue weighted by molar-refractivity contribution is 0.0522. The van der Waals surface area contributed by atoms with Gasteiger partial charge in [0.05, 0.1) is 16.6 Å². The van der Waals surface area contributed by atoms with Crippen LogP contribution in [0.2, 0.25) is 0 Å². The standard InChI is InChI=1S/C21H21BrFNO7S/c1-4-30-21(26)16-14-11(2)19(25)17(22)15(18(14)24(3)20(16)23)13(31-32(27,28)29)10-12-8-6-5-7-9-12/h5-9,13,25H,4,10H2,1-3H3,(H,27,28,29). The first kappa shape index (κ1) is 24.2. The van der Waals surface area contributed by atoms with Gasteiger partial charge in [-0.15, -0.1) is 0 Å². The maximum absolute atomic E-state index is 15.2. The fraction of sp³-hybridized carbons (Fsp3) is 0.286. The first-order valence-electron chi connectivity index (χ1n) is 9.53. The minimum absolute atomic E-state index is 0.00553. The molecule has 2 N–H and O–H groups in total. The molecule has 3 rings (SSSR count). The second-order valence-corrected chi connectivity index (χ2v) is 8.91. The molecule has 1 aromatic heterocycles. The van der Waals surface area contributed by atoms with Gasteiger partial charge in [-0.05, 0) is 35.3 Å². The first-order valence-corrected chi connectivity index (χ1v) is 11.7. The number of aromatic hydroxyl groups is 1. The average Bonchev–Trinajstić information content (AvgIpc) is 2.97. The van der Waals surface area contributed by atoms with Crippen molar-refractivity contribution in [2.45, 2.75) is 26.4 Å². The number of fused-ring (bicyclic) bond motifs is 1. The number of benzene rings is 2. The van der Waals surface area contributed by atoms with E-state index >= 15 is 4.39 Å². The third kappa shape index (κ3) is 4.51. The van der Waals surface area contributed by atoms with Gasteiger partial charge < -0.3 is 14.4 Å². The Morgan fingerprint density at radius 1 is 1.28 bits per heavy atom. The number of halogens is 2. The molecule has 0 aliphatic rings. The maximum Gasteiger partial charge on any atom is 0.397 e. The third-order valence-corrected chi connectivity index (χ3v) is 6.33. The lowest BCUT2D eigenvalue weighted by Gasteiger charge is -2.21. The highest BCUT2D eigenvalue weighted by atomic mass is 79.9. The summed E-state index contributed by atoms with van der Waals surface area (Å²) in [6.07, 6.45) is -1.41. The quantitative estimate of drug-likeness (QED) is 0.344. The van der Waals surface area contributed by atoms with Crippen molar-refractivity contribution in [3.8, 4) is 5.75 Å². The number of phenols is 1. The van der Waals surface area contributed by atoms with E-state index in [2.05, 4.69) is 15.9 Å². The van der Waals surface area contributed by atoms with Crippen LogP contribution < -0.4 is 0 Å². The van der Waals surface area contributed by atoms with Gasteiger partial charge in [0.1, 0.15) is 17.4 Å². The highest BCUT2D eigenvalue weighted by molar-refractivity contribution is 9.10. The van der Waals surface area contributed by atoms with Gasteiger partial charge in [0.25, 0.3) is 0 Å². The van der Waals surface area contributed by atoms with Crippen LogP contribution in [0.1, 0.15) is 40.1 Å². The lowest BCUT2D eigenvalue weighted by Crippen LogP contribution is -2.15. The number of carbonyl (C=O) groups is 1. The zero-order valence-corrected chi connectivity index (χ0v) is 19.8. The van der Waals surface area contributed by atoms with Crippen molar-refractivity contribution >= 4 is 43.2 Å². The zero-order chi connectivity index (χ0) is 23.8. The molecule has 0 radical (unpaired) electrons. The van der Waals surface area contributed by atoms with Gasteiger partial charge in [-0.2, -0.15) is 12.8 Å². The Balaban J connectivity index is 2.38. The zero-order valence-electron chi connectivity index (χ0n) is 17.4. The number of rotatable bonds is 7. The largest absolute Gasteiger partial charge is 0.506 e. The summed E-state index contributed by atoms with van der Waals surface area (Å²) >= 11 is 3.25. The number of hydrogen-bond acceptors (Lipinski definition) is 6. The summed E-state index contributed by atoms with van der Waals surface area (Å²) in [6, 6.07) is 8.67. The van der Waals surface area contributed by atoms with Crippen LogP contribution in [0.4, 0.5) is 4.39 Å². The molecule has 1 atom stereocenters. The van der Waals surface area contributed by atoms with E-state index in [-0.39, 0.29) is 45.3 Å². The summed E-state index contributed by atoms with van der Waals surface area (Å²) in [6.45, 7) is 3.07. The molecule has 11 heteroatoms. The molecule has 1 unspecified atom stereocenters. The Morgan fingerprint density at radius 2 is 1.91 bits per heavy atom. The van der Waals surface area contributed by atoms with E-state index in [1.54, 1.807) is 37.3 Å². The number of nitrogens with zero attached hydrogens (tertiary/aromatic N) is 1. The van der Waals surface area contributed by atoms with E-state index in [1.807, 2.05) is 0 Å². The van der Waals surface area contributed by atoms with Crippen LogP contribution in [-0.2, 0) is 32.8 Å². The molecule has 172 valence electrons. The topological polar surface area (TPSA) is 115 Å². The molecule has 32 heavy (non-hydrogen) atoms. The third-order valence-electron chi connectivity index (χ3n) is 5.06. The molecule has 0 saturated heterocycles. The SMILES string of the molecule is CCOC(=O)c1c(F)n(C)c2c(C(Cc3ccccc3)OS(=O)(=O)O)c(Br)c(O)c(C)c12. The Bertz CT molecular complexity index is 1290. The molecule has 0 bridgehead atoms. The maximum atomic E-state index is 15.2. The Labute approximate surface area is 192 Å². The van der Waals surface area contributed by atoms with Crippen LogP contribution in [-0.4, -0.2) is 35.2 Å². The molecule has 0 aliphatic carbocycles. The fourth-order valence-corrected chi connectivity index (χ4v) is 4.89. The Hall–Kier alpha value is -2.47. The summed E-state index contributed by atoms with van der Waals surface area (Å²) in [7, 11) is -3.59. The number of esters is 1. The molecule has 0 saturated carbocycles. The minimum atomic E-state index is -4.94. The number of hydrogen-bond donors (Lipinski definition) is 2. The van der Waals surface area contributed by atoms with Gasteiger partial charge in [-0.1, -0.05) is 30.3 Å². The number of ether oxygens (including phenoxy) is 1. The van der Waals surface area contributed by atoms with Crippen LogP contribution in [0.5, 0.6) is 5.75 Å². The van der Waals surface area contributed by atoms with E-state index in [0.29, 0.717) is 5.56 Å². The summed E-state index contributed by atoms with van der Waals surface area (Å²) in [4.78, 5) is 12.5. The van der Waals surface area contributed by atoms with E-state index < -0.39 is 34.0 Å². The predicted octanol–water partition coefficient (Wildman–Crippen LogP) is 4.37. The smallest absolute Gasteiger partial charge is 0.397 e. The molecule has 0 amide bonds. The normalized spacial score (nSPS) is 12.8. The first-order chi connectivity index (χ1) is 15.0. The molecule has 3 aromatic rings. The van der Waals surface area contributed by atoms with Gasteiger partial charge in [-0.3, -0.25) is 4.55 Å². The van der Waals surface area contributed by atoms with Crippen molar-refractivity contribution in [2.24, 2.45) is 7.05 Å². The fourth-order valence-electron chi connectivity index (χ4n) is 3.69. The van der Waals surface area contributed by atoms with Crippen molar-refractivity contribution in [2.75, 3.05) is 6.61 Å². The van der Waals surface area contributed by atoms with Crippen molar-refractivity contribution in [1.82, 2.24) is 4.57 Å². The average molecular weight is 530 g/mol. The molecule has 1 heterocycles. The number of aryl methyl sites for hydroxylation is 2. The Morgan fingerprint density at radius 3 is 2.47 bits per heavy atom. The van der Waals surface area contributed by atoms with Gasteiger partial charge in [0.2, 0.25) is 5.95 Å². The predicted molar refractivity (Wildman–Crippen MR) is 118 cm³/mol. The van der Waals surface area contributed by atoms with Gasteiger partial charge in [-0.25, -0.2) is 8.98 Å². The lowest BCUT2D eigenvalue weighted by atomic mass is 9.95. The van der Waals surface area contributed by atoms with Crippen LogP contribution in [0, 0.1) is 12.9 Å². The number of carbonyl (C=O) groups excluding carboxylic acids is 1. The van der Waals surface area contributed by atoms with Crippen LogP contribution in [0.25, 0.3) is 10.9 Å². The highest BCUT2D eigenvalue weighted by Crippen LogP contribution is 2.46. The van der Waals surface area contributed by atoms with Crippen LogP contribution in [0.3, 0.4) is 0 Å². The second-order valence-electron chi connectivity index (χ2n) is 7.07. The molecular weight excluding hydrogens is 509 g/mol. The summed E-state index contributed by atoms with van der Waals surface area (Å²) in [5.41, 5.74) is 0.597. The van der Waals surface area contributed by atoms with E-state index in [9.17, 15) is 22.9 Å². The van der Waals surface area contributed by atoms with Crippen molar-refractivity contribution < 1.29 is 36.2 Å². The summed E-state index contributed by atoms with van der Waals surface area (Å²) in [5.74, 6) is -2.19. The minimum Gasteiger partial charge on any atom is -0.506 e. The molecule has 0 fully saturated rings. The van der Waals surface area contributed by atoms with Gasteiger partial charge >= 0.3 is 16.4 Å². The number of phenolic OH excluding ortho intramolecular Hbond substituents is 1. The summed E-state index contributed by atoms with van der Waals surface area (Å²) < 4.78 is 59.0. The van der Waals surface area contributed by atoms with Crippen LogP contribution in [0.15, 0.2) is 34.8 Å². The Kier molecular flexibility index (Phi) is 6.94. The van der Waals surface area contributed by atoms with Crippen molar-refractivity contribution in [3.63, 3.8) is 0 Å². The van der Waals surface area contributed by atoms with Crippen molar-refractivity contribution in [1.29, 1.82) is 0 Å². The van der Waals surface area contributed by atoms with E-state index in [1.165, 1.54) is 14.0 Å². The van der Waals surface area contributed by atoms with E-state index in [0.717, 1.165) is 4.57 Å². The van der Waals surface area contributed by atoms with Crippen LogP contribution >= 0.6 is 15.9 Å².